The number of carbonyl (C=O) groups excluding carboxylic acids is 1. The number of hydrogen-bond donors (Lipinski definition) is 1. The van der Waals surface area contributed by atoms with Crippen molar-refractivity contribution in [1.82, 2.24) is 4.90 Å². The minimum absolute atomic E-state index is 0.274. The highest BCUT2D eigenvalue weighted by Crippen LogP contribution is 2.31. The molecule has 0 aromatic heterocycles. The van der Waals surface area contributed by atoms with Crippen molar-refractivity contribution in [2.75, 3.05) is 26.0 Å². The van der Waals surface area contributed by atoms with E-state index in [1.807, 2.05) is 19.1 Å². The van der Waals surface area contributed by atoms with Gasteiger partial charge in [0.15, 0.2) is 0 Å². The number of carbonyl (C=O) groups is 1. The number of nitriles is 1. The molecule has 2 amide bonds. The first kappa shape index (κ1) is 15.3. The SMILES string of the molecule is COc1cc(C)c(Br)cc1NC(=O)N(C)CCC#N. The van der Waals surface area contributed by atoms with Gasteiger partial charge in [-0.05, 0) is 24.6 Å². The lowest BCUT2D eigenvalue weighted by molar-refractivity contribution is 0.223. The molecule has 0 saturated carbocycles. The standard InChI is InChI=1S/C13H16BrN3O2/c1-9-7-12(19-3)11(8-10(9)14)16-13(18)17(2)6-4-5-15/h7-8H,4,6H2,1-3H3,(H,16,18). The van der Waals surface area contributed by atoms with E-state index in [1.165, 1.54) is 4.90 Å². The van der Waals surface area contributed by atoms with Gasteiger partial charge in [0.25, 0.3) is 0 Å². The smallest absolute Gasteiger partial charge is 0.321 e. The van der Waals surface area contributed by atoms with Gasteiger partial charge in [-0.2, -0.15) is 5.26 Å². The van der Waals surface area contributed by atoms with Crippen LogP contribution in [0, 0.1) is 18.3 Å². The third-order valence-corrected chi connectivity index (χ3v) is 3.48. The summed E-state index contributed by atoms with van der Waals surface area (Å²) in [5.74, 6) is 0.600. The van der Waals surface area contributed by atoms with E-state index in [4.69, 9.17) is 10.00 Å². The summed E-state index contributed by atoms with van der Waals surface area (Å²) < 4.78 is 6.13. The second-order valence-electron chi connectivity index (χ2n) is 4.06. The molecule has 0 atom stereocenters. The first-order chi connectivity index (χ1) is 8.99. The van der Waals surface area contributed by atoms with Crippen molar-refractivity contribution < 1.29 is 9.53 Å². The van der Waals surface area contributed by atoms with Crippen molar-refractivity contribution in [2.45, 2.75) is 13.3 Å². The molecule has 6 heteroatoms. The van der Waals surface area contributed by atoms with E-state index in [0.717, 1.165) is 10.0 Å². The fraction of sp³-hybridized carbons (Fsp3) is 0.385. The summed E-state index contributed by atoms with van der Waals surface area (Å²) >= 11 is 3.41. The van der Waals surface area contributed by atoms with Crippen LogP contribution in [0.15, 0.2) is 16.6 Å². The van der Waals surface area contributed by atoms with E-state index in [-0.39, 0.29) is 6.03 Å². The van der Waals surface area contributed by atoms with Crippen molar-refractivity contribution in [3.8, 4) is 11.8 Å². The lowest BCUT2D eigenvalue weighted by Gasteiger charge is -2.18. The molecular weight excluding hydrogens is 310 g/mol. The van der Waals surface area contributed by atoms with Crippen molar-refractivity contribution >= 4 is 27.6 Å². The van der Waals surface area contributed by atoms with Crippen LogP contribution in [0.2, 0.25) is 0 Å². The van der Waals surface area contributed by atoms with Crippen LogP contribution in [0.1, 0.15) is 12.0 Å². The highest BCUT2D eigenvalue weighted by atomic mass is 79.9. The lowest BCUT2D eigenvalue weighted by atomic mass is 10.2. The number of nitrogens with one attached hydrogen (secondary N) is 1. The number of halogens is 1. The Balaban J connectivity index is 2.84. The Labute approximate surface area is 121 Å². The van der Waals surface area contributed by atoms with Gasteiger partial charge in [0.05, 0.1) is 25.3 Å². The van der Waals surface area contributed by atoms with E-state index in [1.54, 1.807) is 20.2 Å². The zero-order valence-corrected chi connectivity index (χ0v) is 12.7. The summed E-state index contributed by atoms with van der Waals surface area (Å²) in [4.78, 5) is 13.4. The number of nitrogens with zero attached hydrogens (tertiary/aromatic N) is 2. The topological polar surface area (TPSA) is 65.4 Å². The molecule has 1 N–H and O–H groups in total. The second kappa shape index (κ2) is 7.00. The molecule has 0 aliphatic heterocycles. The number of anilines is 1. The number of methoxy groups -OCH3 is 1. The summed E-state index contributed by atoms with van der Waals surface area (Å²) in [7, 11) is 3.19. The van der Waals surface area contributed by atoms with Gasteiger partial charge in [-0.15, -0.1) is 0 Å². The van der Waals surface area contributed by atoms with Gasteiger partial charge in [0.2, 0.25) is 0 Å². The van der Waals surface area contributed by atoms with Gasteiger partial charge >= 0.3 is 6.03 Å². The summed E-state index contributed by atoms with van der Waals surface area (Å²) in [6.45, 7) is 2.33. The lowest BCUT2D eigenvalue weighted by Crippen LogP contribution is -2.32. The van der Waals surface area contributed by atoms with Gasteiger partial charge in [0, 0.05) is 18.1 Å². The maximum absolute atomic E-state index is 11.9. The van der Waals surface area contributed by atoms with Crippen LogP contribution in [0.25, 0.3) is 0 Å². The van der Waals surface area contributed by atoms with Crippen LogP contribution < -0.4 is 10.1 Å². The highest BCUT2D eigenvalue weighted by molar-refractivity contribution is 9.10. The molecule has 0 bridgehead atoms. The Hall–Kier alpha value is -1.74. The molecule has 19 heavy (non-hydrogen) atoms. The van der Waals surface area contributed by atoms with Gasteiger partial charge in [0.1, 0.15) is 5.75 Å². The van der Waals surface area contributed by atoms with Crippen LogP contribution in [0.3, 0.4) is 0 Å². The quantitative estimate of drug-likeness (QED) is 0.924. The molecule has 0 aliphatic rings. The molecule has 0 saturated heterocycles. The second-order valence-corrected chi connectivity index (χ2v) is 4.92. The average molecular weight is 326 g/mol. The molecule has 1 aromatic carbocycles. The third kappa shape index (κ3) is 4.14. The Bertz CT molecular complexity index is 511. The van der Waals surface area contributed by atoms with Gasteiger partial charge in [-0.1, -0.05) is 15.9 Å². The summed E-state index contributed by atoms with van der Waals surface area (Å²) in [6.07, 6.45) is 0.304. The zero-order chi connectivity index (χ0) is 14.4. The predicted molar refractivity (Wildman–Crippen MR) is 77.3 cm³/mol. The Kier molecular flexibility index (Phi) is 5.64. The van der Waals surface area contributed by atoms with E-state index >= 15 is 0 Å². The fourth-order valence-corrected chi connectivity index (χ4v) is 1.79. The summed E-state index contributed by atoms with van der Waals surface area (Å²) in [5, 5.41) is 11.3. The first-order valence-electron chi connectivity index (χ1n) is 5.72. The minimum Gasteiger partial charge on any atom is -0.495 e. The maximum atomic E-state index is 11.9. The number of aryl methyl sites for hydroxylation is 1. The molecule has 0 fully saturated rings. The van der Waals surface area contributed by atoms with E-state index in [0.29, 0.717) is 24.4 Å². The maximum Gasteiger partial charge on any atom is 0.321 e. The molecule has 0 spiro atoms. The molecule has 0 aliphatic carbocycles. The summed E-state index contributed by atoms with van der Waals surface area (Å²) in [6, 6.07) is 5.37. The molecule has 0 unspecified atom stereocenters. The summed E-state index contributed by atoms with van der Waals surface area (Å²) in [5.41, 5.74) is 1.61. The van der Waals surface area contributed by atoms with Crippen LogP contribution in [0.4, 0.5) is 10.5 Å². The molecular formula is C13H16BrN3O2. The van der Waals surface area contributed by atoms with Crippen molar-refractivity contribution in [2.24, 2.45) is 0 Å². The molecule has 5 nitrogen and oxygen atoms in total. The number of urea groups is 1. The third-order valence-electron chi connectivity index (χ3n) is 2.63. The number of ether oxygens (including phenoxy) is 1. The van der Waals surface area contributed by atoms with Crippen LogP contribution in [-0.2, 0) is 0 Å². The number of amides is 2. The molecule has 102 valence electrons. The van der Waals surface area contributed by atoms with Crippen molar-refractivity contribution in [3.63, 3.8) is 0 Å². The van der Waals surface area contributed by atoms with Crippen molar-refractivity contribution in [1.29, 1.82) is 5.26 Å². The van der Waals surface area contributed by atoms with E-state index < -0.39 is 0 Å². The van der Waals surface area contributed by atoms with Gasteiger partial charge in [-0.25, -0.2) is 4.79 Å². The van der Waals surface area contributed by atoms with Crippen molar-refractivity contribution in [3.05, 3.63) is 22.2 Å². The molecule has 0 heterocycles. The Morgan fingerprint density at radius 1 is 1.58 bits per heavy atom. The van der Waals surface area contributed by atoms with Gasteiger partial charge in [-0.3, -0.25) is 0 Å². The molecule has 0 radical (unpaired) electrons. The van der Waals surface area contributed by atoms with Crippen LogP contribution in [-0.4, -0.2) is 31.6 Å². The van der Waals surface area contributed by atoms with Crippen LogP contribution >= 0.6 is 15.9 Å². The Morgan fingerprint density at radius 3 is 2.84 bits per heavy atom. The Morgan fingerprint density at radius 2 is 2.26 bits per heavy atom. The molecule has 1 aromatic rings. The number of hydrogen-bond acceptors (Lipinski definition) is 3. The highest BCUT2D eigenvalue weighted by Gasteiger charge is 2.13. The normalized spacial score (nSPS) is 9.63. The number of rotatable bonds is 4. The minimum atomic E-state index is -0.274. The first-order valence-corrected chi connectivity index (χ1v) is 6.52. The fourth-order valence-electron chi connectivity index (χ4n) is 1.45. The molecule has 1 rings (SSSR count). The largest absolute Gasteiger partial charge is 0.495 e. The monoisotopic (exact) mass is 325 g/mol. The van der Waals surface area contributed by atoms with E-state index in [2.05, 4.69) is 21.2 Å². The van der Waals surface area contributed by atoms with Gasteiger partial charge < -0.3 is 15.0 Å². The van der Waals surface area contributed by atoms with E-state index in [9.17, 15) is 4.79 Å². The zero-order valence-electron chi connectivity index (χ0n) is 11.2. The number of benzene rings is 1. The predicted octanol–water partition coefficient (Wildman–Crippen LogP) is 3.14. The van der Waals surface area contributed by atoms with Crippen LogP contribution in [0.5, 0.6) is 5.75 Å². The average Bonchev–Trinajstić information content (AvgIpc) is 2.39.